The van der Waals surface area contributed by atoms with Gasteiger partial charge in [0.1, 0.15) is 5.75 Å². The molecule has 2 aromatic carbocycles. The molecule has 0 aliphatic carbocycles. The van der Waals surface area contributed by atoms with E-state index >= 15 is 0 Å². The van der Waals surface area contributed by atoms with E-state index < -0.39 is 0 Å². The predicted octanol–water partition coefficient (Wildman–Crippen LogP) is 5.53. The van der Waals surface area contributed by atoms with Crippen molar-refractivity contribution in [1.82, 2.24) is 10.6 Å². The Morgan fingerprint density at radius 1 is 1.06 bits per heavy atom. The first kappa shape index (κ1) is 25.8. The molecule has 0 aliphatic rings. The number of benzene rings is 2. The molecule has 0 fully saturated rings. The number of nitrogens with one attached hydrogen (secondary N) is 3. The number of carbonyl (C=O) groups excluding carboxylic acids is 2. The summed E-state index contributed by atoms with van der Waals surface area (Å²) in [5.41, 5.74) is 1.70. The highest BCUT2D eigenvalue weighted by molar-refractivity contribution is 9.10. The minimum atomic E-state index is -0.330. The predicted molar refractivity (Wildman–Crippen MR) is 136 cm³/mol. The maximum atomic E-state index is 12.5. The summed E-state index contributed by atoms with van der Waals surface area (Å²) in [6, 6.07) is 12.1. The Hall–Kier alpha value is -2.45. The molecule has 2 amide bonds. The molecule has 0 spiro atoms. The molecular formula is C24H30BrN3O3S. The number of anilines is 1. The van der Waals surface area contributed by atoms with Crippen molar-refractivity contribution in [1.29, 1.82) is 0 Å². The molecule has 0 atom stereocenters. The Morgan fingerprint density at radius 2 is 1.75 bits per heavy atom. The van der Waals surface area contributed by atoms with Crippen LogP contribution in [0.1, 0.15) is 60.7 Å². The van der Waals surface area contributed by atoms with E-state index in [1.54, 1.807) is 42.5 Å². The molecule has 0 aromatic heterocycles. The first-order valence-electron chi connectivity index (χ1n) is 10.7. The van der Waals surface area contributed by atoms with Crippen LogP contribution in [-0.2, 0) is 0 Å². The fourth-order valence-corrected chi connectivity index (χ4v) is 3.39. The number of thiocarbonyl (C=S) groups is 1. The van der Waals surface area contributed by atoms with Crippen molar-refractivity contribution in [3.8, 4) is 5.75 Å². The van der Waals surface area contributed by atoms with Crippen molar-refractivity contribution >= 4 is 50.8 Å². The lowest BCUT2D eigenvalue weighted by Gasteiger charge is -2.12. The second kappa shape index (κ2) is 13.2. The molecule has 0 saturated carbocycles. The van der Waals surface area contributed by atoms with E-state index in [0.717, 1.165) is 19.3 Å². The molecular weight excluding hydrogens is 490 g/mol. The summed E-state index contributed by atoms with van der Waals surface area (Å²) in [6.45, 7) is 7.64. The summed E-state index contributed by atoms with van der Waals surface area (Å²) < 4.78 is 6.46. The number of carbonyl (C=O) groups is 2. The van der Waals surface area contributed by atoms with Crippen molar-refractivity contribution in [3.63, 3.8) is 0 Å². The maximum absolute atomic E-state index is 12.5. The molecule has 3 N–H and O–H groups in total. The van der Waals surface area contributed by atoms with Crippen LogP contribution >= 0.6 is 28.1 Å². The highest BCUT2D eigenvalue weighted by Crippen LogP contribution is 2.26. The van der Waals surface area contributed by atoms with Crippen LogP contribution < -0.4 is 20.7 Å². The number of rotatable bonds is 10. The summed E-state index contributed by atoms with van der Waals surface area (Å²) >= 11 is 8.70. The van der Waals surface area contributed by atoms with Gasteiger partial charge in [-0.3, -0.25) is 14.9 Å². The van der Waals surface area contributed by atoms with Crippen molar-refractivity contribution in [2.45, 2.75) is 40.0 Å². The largest absolute Gasteiger partial charge is 0.492 e. The van der Waals surface area contributed by atoms with Gasteiger partial charge < -0.3 is 15.4 Å². The van der Waals surface area contributed by atoms with Gasteiger partial charge in [0.2, 0.25) is 0 Å². The Bertz CT molecular complexity index is 933. The van der Waals surface area contributed by atoms with E-state index in [4.69, 9.17) is 17.0 Å². The summed E-state index contributed by atoms with van der Waals surface area (Å²) in [5, 5.41) is 8.66. The highest BCUT2D eigenvalue weighted by Gasteiger charge is 2.12. The summed E-state index contributed by atoms with van der Waals surface area (Å²) in [5.74, 6) is 0.820. The molecule has 172 valence electrons. The van der Waals surface area contributed by atoms with Gasteiger partial charge in [-0.15, -0.1) is 0 Å². The zero-order valence-corrected chi connectivity index (χ0v) is 21.1. The van der Waals surface area contributed by atoms with Crippen LogP contribution in [0, 0.1) is 5.92 Å². The van der Waals surface area contributed by atoms with Gasteiger partial charge in [0.05, 0.1) is 11.1 Å². The Kier molecular flexibility index (Phi) is 10.6. The van der Waals surface area contributed by atoms with Gasteiger partial charge in [-0.05, 0) is 89.4 Å². The smallest absolute Gasteiger partial charge is 0.257 e. The monoisotopic (exact) mass is 519 g/mol. The van der Waals surface area contributed by atoms with E-state index in [-0.39, 0.29) is 16.9 Å². The minimum absolute atomic E-state index is 0.108. The van der Waals surface area contributed by atoms with Crippen molar-refractivity contribution in [2.75, 3.05) is 18.5 Å². The normalized spacial score (nSPS) is 10.5. The van der Waals surface area contributed by atoms with Crippen LogP contribution in [0.15, 0.2) is 46.9 Å². The zero-order chi connectivity index (χ0) is 23.5. The maximum Gasteiger partial charge on any atom is 0.257 e. The van der Waals surface area contributed by atoms with E-state index in [9.17, 15) is 9.59 Å². The molecule has 32 heavy (non-hydrogen) atoms. The van der Waals surface area contributed by atoms with E-state index in [0.29, 0.717) is 46.1 Å². The van der Waals surface area contributed by atoms with Gasteiger partial charge in [-0.2, -0.15) is 0 Å². The van der Waals surface area contributed by atoms with Gasteiger partial charge >= 0.3 is 0 Å². The van der Waals surface area contributed by atoms with Crippen molar-refractivity contribution < 1.29 is 14.3 Å². The van der Waals surface area contributed by atoms with Crippen LogP contribution in [0.5, 0.6) is 5.75 Å². The minimum Gasteiger partial charge on any atom is -0.492 e. The first-order valence-corrected chi connectivity index (χ1v) is 11.9. The lowest BCUT2D eigenvalue weighted by Crippen LogP contribution is -2.34. The second-order valence-corrected chi connectivity index (χ2v) is 9.03. The molecule has 0 saturated heterocycles. The summed E-state index contributed by atoms with van der Waals surface area (Å²) in [7, 11) is 0. The fourth-order valence-electron chi connectivity index (χ4n) is 2.69. The Morgan fingerprint density at radius 3 is 2.38 bits per heavy atom. The number of hydrogen-bond acceptors (Lipinski definition) is 4. The molecule has 8 heteroatoms. The van der Waals surface area contributed by atoms with Crippen molar-refractivity contribution in [2.24, 2.45) is 5.92 Å². The number of unbranched alkanes of at least 4 members (excludes halogenated alkanes) is 1. The van der Waals surface area contributed by atoms with Crippen LogP contribution in [0.2, 0.25) is 0 Å². The van der Waals surface area contributed by atoms with E-state index in [1.165, 1.54) is 0 Å². The fraction of sp³-hybridized carbons (Fsp3) is 0.375. The molecule has 6 nitrogen and oxygen atoms in total. The highest BCUT2D eigenvalue weighted by atomic mass is 79.9. The lowest BCUT2D eigenvalue weighted by molar-refractivity contribution is 0.0950. The summed E-state index contributed by atoms with van der Waals surface area (Å²) in [4.78, 5) is 24.6. The van der Waals surface area contributed by atoms with E-state index in [1.807, 2.05) is 0 Å². The van der Waals surface area contributed by atoms with Gasteiger partial charge in [-0.1, -0.05) is 27.2 Å². The SMILES string of the molecule is CCCCNC(=O)c1ccc(NC(=S)NC(=O)c2ccc(OCCC(C)C)c(Br)c2)cc1. The second-order valence-electron chi connectivity index (χ2n) is 7.77. The standard InChI is InChI=1S/C24H30BrN3O3S/c1-4-5-13-26-22(29)17-6-9-19(10-7-17)27-24(32)28-23(30)18-8-11-21(20(25)15-18)31-14-12-16(2)3/h6-11,15-16H,4-5,12-14H2,1-3H3,(H,26,29)(H2,27,28,30,32). The number of halogens is 1. The first-order chi connectivity index (χ1) is 15.3. The molecule has 2 rings (SSSR count). The Labute approximate surface area is 203 Å². The summed E-state index contributed by atoms with van der Waals surface area (Å²) in [6.07, 6.45) is 2.93. The van der Waals surface area contributed by atoms with Crippen molar-refractivity contribution in [3.05, 3.63) is 58.1 Å². The third-order valence-corrected chi connectivity index (χ3v) is 5.42. The van der Waals surface area contributed by atoms with Gasteiger partial charge in [0, 0.05) is 23.4 Å². The molecule has 2 aromatic rings. The molecule has 0 bridgehead atoms. The van der Waals surface area contributed by atoms with Crippen LogP contribution in [0.25, 0.3) is 0 Å². The quantitative estimate of drug-likeness (QED) is 0.284. The zero-order valence-electron chi connectivity index (χ0n) is 18.7. The third-order valence-electron chi connectivity index (χ3n) is 4.59. The number of amides is 2. The third kappa shape index (κ3) is 8.59. The van der Waals surface area contributed by atoms with Crippen LogP contribution in [0.4, 0.5) is 5.69 Å². The van der Waals surface area contributed by atoms with Crippen LogP contribution in [-0.4, -0.2) is 30.1 Å². The number of hydrogen-bond donors (Lipinski definition) is 3. The molecule has 0 aliphatic heterocycles. The lowest BCUT2D eigenvalue weighted by atomic mass is 10.1. The molecule has 0 unspecified atom stereocenters. The van der Waals surface area contributed by atoms with E-state index in [2.05, 4.69) is 52.7 Å². The van der Waals surface area contributed by atoms with Crippen LogP contribution in [0.3, 0.4) is 0 Å². The average molecular weight is 520 g/mol. The topological polar surface area (TPSA) is 79.5 Å². The average Bonchev–Trinajstić information content (AvgIpc) is 2.75. The molecule has 0 heterocycles. The molecule has 0 radical (unpaired) electrons. The van der Waals surface area contributed by atoms with Gasteiger partial charge in [0.15, 0.2) is 5.11 Å². The van der Waals surface area contributed by atoms with Gasteiger partial charge in [-0.25, -0.2) is 0 Å². The van der Waals surface area contributed by atoms with Gasteiger partial charge in [0.25, 0.3) is 11.8 Å². The Balaban J connectivity index is 1.87. The number of ether oxygens (including phenoxy) is 1.